The van der Waals surface area contributed by atoms with E-state index in [2.05, 4.69) is 0 Å². The summed E-state index contributed by atoms with van der Waals surface area (Å²) in [5.74, 6) is 0.320. The molecular weight excluding hydrogens is 224 g/mol. The maximum atomic E-state index is 12.7. The molecule has 96 valence electrons. The van der Waals surface area contributed by atoms with Crippen LogP contribution in [0, 0.1) is 5.41 Å². The SMILES string of the molecule is NC1CCC2(CC1)CCN(c1ccccc1)C2=O. The first-order valence-corrected chi connectivity index (χ1v) is 6.84. The van der Waals surface area contributed by atoms with Gasteiger partial charge in [0.15, 0.2) is 0 Å². The van der Waals surface area contributed by atoms with Gasteiger partial charge in [0.2, 0.25) is 5.91 Å². The fraction of sp³-hybridized carbons (Fsp3) is 0.533. The van der Waals surface area contributed by atoms with E-state index in [-0.39, 0.29) is 5.41 Å². The Hall–Kier alpha value is -1.35. The fourth-order valence-corrected chi connectivity index (χ4v) is 3.33. The van der Waals surface area contributed by atoms with Crippen molar-refractivity contribution in [3.63, 3.8) is 0 Å². The van der Waals surface area contributed by atoms with E-state index in [9.17, 15) is 4.79 Å². The molecule has 18 heavy (non-hydrogen) atoms. The Bertz CT molecular complexity index is 435. The number of para-hydroxylation sites is 1. The second-order valence-electron chi connectivity index (χ2n) is 5.66. The third-order valence-electron chi connectivity index (χ3n) is 4.57. The predicted octanol–water partition coefficient (Wildman–Crippen LogP) is 2.31. The number of carbonyl (C=O) groups is 1. The van der Waals surface area contributed by atoms with Gasteiger partial charge in [-0.05, 0) is 44.2 Å². The van der Waals surface area contributed by atoms with Gasteiger partial charge < -0.3 is 10.6 Å². The van der Waals surface area contributed by atoms with Crippen LogP contribution in [-0.4, -0.2) is 18.5 Å². The van der Waals surface area contributed by atoms with Gasteiger partial charge in [-0.3, -0.25) is 4.79 Å². The zero-order valence-corrected chi connectivity index (χ0v) is 10.6. The smallest absolute Gasteiger partial charge is 0.233 e. The molecule has 0 radical (unpaired) electrons. The van der Waals surface area contributed by atoms with Crippen LogP contribution in [0.25, 0.3) is 0 Å². The van der Waals surface area contributed by atoms with E-state index >= 15 is 0 Å². The molecule has 1 aliphatic heterocycles. The summed E-state index contributed by atoms with van der Waals surface area (Å²) in [7, 11) is 0. The Morgan fingerprint density at radius 3 is 2.44 bits per heavy atom. The number of carbonyl (C=O) groups excluding carboxylic acids is 1. The number of hydrogen-bond donors (Lipinski definition) is 1. The normalized spacial score (nSPS) is 32.2. The van der Waals surface area contributed by atoms with Crippen molar-refractivity contribution >= 4 is 11.6 Å². The van der Waals surface area contributed by atoms with E-state index < -0.39 is 0 Å². The monoisotopic (exact) mass is 244 g/mol. The molecule has 2 N–H and O–H groups in total. The zero-order valence-electron chi connectivity index (χ0n) is 10.6. The summed E-state index contributed by atoms with van der Waals surface area (Å²) in [6.07, 6.45) is 4.92. The van der Waals surface area contributed by atoms with E-state index in [1.54, 1.807) is 0 Å². The van der Waals surface area contributed by atoms with Crippen molar-refractivity contribution in [3.8, 4) is 0 Å². The van der Waals surface area contributed by atoms with Crippen LogP contribution in [0.4, 0.5) is 5.69 Å². The Balaban J connectivity index is 1.81. The minimum atomic E-state index is -0.105. The summed E-state index contributed by atoms with van der Waals surface area (Å²) < 4.78 is 0. The van der Waals surface area contributed by atoms with Gasteiger partial charge >= 0.3 is 0 Å². The summed E-state index contributed by atoms with van der Waals surface area (Å²) in [4.78, 5) is 14.6. The second kappa shape index (κ2) is 4.39. The Morgan fingerprint density at radius 1 is 1.11 bits per heavy atom. The Kier molecular flexibility index (Phi) is 2.86. The van der Waals surface area contributed by atoms with E-state index in [1.807, 2.05) is 35.2 Å². The summed E-state index contributed by atoms with van der Waals surface area (Å²) in [6, 6.07) is 10.3. The summed E-state index contributed by atoms with van der Waals surface area (Å²) in [5, 5.41) is 0. The number of nitrogens with two attached hydrogens (primary N) is 1. The van der Waals surface area contributed by atoms with Gasteiger partial charge in [0.05, 0.1) is 5.41 Å². The average Bonchev–Trinajstić information content (AvgIpc) is 2.72. The summed E-state index contributed by atoms with van der Waals surface area (Å²) in [6.45, 7) is 0.859. The Morgan fingerprint density at radius 2 is 1.78 bits per heavy atom. The molecule has 3 heteroatoms. The van der Waals surface area contributed by atoms with Crippen LogP contribution in [0.5, 0.6) is 0 Å². The summed E-state index contributed by atoms with van der Waals surface area (Å²) in [5.41, 5.74) is 6.88. The average molecular weight is 244 g/mol. The maximum absolute atomic E-state index is 12.7. The van der Waals surface area contributed by atoms with Crippen molar-refractivity contribution in [3.05, 3.63) is 30.3 Å². The highest BCUT2D eigenvalue weighted by molar-refractivity contribution is 5.99. The van der Waals surface area contributed by atoms with Crippen LogP contribution in [0.15, 0.2) is 30.3 Å². The molecule has 2 fully saturated rings. The van der Waals surface area contributed by atoms with Crippen LogP contribution >= 0.6 is 0 Å². The minimum Gasteiger partial charge on any atom is -0.328 e. The third kappa shape index (κ3) is 1.83. The van der Waals surface area contributed by atoms with Crippen molar-refractivity contribution in [2.24, 2.45) is 11.1 Å². The summed E-state index contributed by atoms with van der Waals surface area (Å²) >= 11 is 0. The first kappa shape index (κ1) is 11.7. The van der Waals surface area contributed by atoms with Crippen LogP contribution in [0.3, 0.4) is 0 Å². The second-order valence-corrected chi connectivity index (χ2v) is 5.66. The number of amides is 1. The Labute approximate surface area is 108 Å². The molecule has 1 aromatic rings. The highest BCUT2D eigenvalue weighted by Crippen LogP contribution is 2.45. The molecule has 3 nitrogen and oxygen atoms in total. The van der Waals surface area contributed by atoms with Crippen LogP contribution in [0.1, 0.15) is 32.1 Å². The molecule has 1 aliphatic carbocycles. The number of nitrogens with zero attached hydrogens (tertiary/aromatic N) is 1. The molecule has 1 amide bonds. The van der Waals surface area contributed by atoms with Crippen LogP contribution in [-0.2, 0) is 4.79 Å². The molecule has 0 aromatic heterocycles. The van der Waals surface area contributed by atoms with E-state index in [4.69, 9.17) is 5.73 Å². The van der Waals surface area contributed by atoms with Gasteiger partial charge in [-0.2, -0.15) is 0 Å². The first-order valence-electron chi connectivity index (χ1n) is 6.84. The standard InChI is InChI=1S/C15H20N2O/c16-12-6-8-15(9-7-12)10-11-17(14(15)18)13-4-2-1-3-5-13/h1-5,12H,6-11,16H2. The number of rotatable bonds is 1. The van der Waals surface area contributed by atoms with Gasteiger partial charge in [-0.25, -0.2) is 0 Å². The lowest BCUT2D eigenvalue weighted by atomic mass is 9.71. The number of benzene rings is 1. The minimum absolute atomic E-state index is 0.105. The first-order chi connectivity index (χ1) is 8.71. The van der Waals surface area contributed by atoms with Crippen molar-refractivity contribution in [1.82, 2.24) is 0 Å². The van der Waals surface area contributed by atoms with Crippen molar-refractivity contribution in [2.75, 3.05) is 11.4 Å². The topological polar surface area (TPSA) is 46.3 Å². The van der Waals surface area contributed by atoms with E-state index in [0.29, 0.717) is 11.9 Å². The highest BCUT2D eigenvalue weighted by Gasteiger charge is 2.48. The number of anilines is 1. The molecular formula is C15H20N2O. The predicted molar refractivity (Wildman–Crippen MR) is 72.3 cm³/mol. The van der Waals surface area contributed by atoms with E-state index in [1.165, 1.54) is 0 Å². The van der Waals surface area contributed by atoms with Gasteiger partial charge in [-0.15, -0.1) is 0 Å². The highest BCUT2D eigenvalue weighted by atomic mass is 16.2. The fourth-order valence-electron chi connectivity index (χ4n) is 3.33. The largest absolute Gasteiger partial charge is 0.328 e. The molecule has 2 aliphatic rings. The molecule has 1 aromatic carbocycles. The van der Waals surface area contributed by atoms with E-state index in [0.717, 1.165) is 44.3 Å². The molecule has 0 atom stereocenters. The van der Waals surface area contributed by atoms with Gasteiger partial charge in [0, 0.05) is 18.3 Å². The van der Waals surface area contributed by atoms with Crippen LogP contribution in [0.2, 0.25) is 0 Å². The molecule has 1 spiro atoms. The molecule has 0 unspecified atom stereocenters. The lowest BCUT2D eigenvalue weighted by Crippen LogP contribution is -2.40. The van der Waals surface area contributed by atoms with Crippen LogP contribution < -0.4 is 10.6 Å². The lowest BCUT2D eigenvalue weighted by Gasteiger charge is -2.34. The molecule has 1 saturated carbocycles. The lowest BCUT2D eigenvalue weighted by molar-refractivity contribution is -0.127. The zero-order chi connectivity index (χ0) is 12.6. The van der Waals surface area contributed by atoms with Gasteiger partial charge in [0.25, 0.3) is 0 Å². The number of hydrogen-bond acceptors (Lipinski definition) is 2. The molecule has 3 rings (SSSR count). The third-order valence-corrected chi connectivity index (χ3v) is 4.57. The van der Waals surface area contributed by atoms with Crippen molar-refractivity contribution < 1.29 is 4.79 Å². The van der Waals surface area contributed by atoms with Crippen molar-refractivity contribution in [2.45, 2.75) is 38.1 Å². The molecule has 1 heterocycles. The molecule has 0 bridgehead atoms. The molecule has 1 saturated heterocycles. The maximum Gasteiger partial charge on any atom is 0.233 e. The van der Waals surface area contributed by atoms with Gasteiger partial charge in [-0.1, -0.05) is 18.2 Å². The van der Waals surface area contributed by atoms with Gasteiger partial charge in [0.1, 0.15) is 0 Å². The quantitative estimate of drug-likeness (QED) is 0.824. The van der Waals surface area contributed by atoms with Crippen molar-refractivity contribution in [1.29, 1.82) is 0 Å².